The number of hydrazone groups is 1. The van der Waals surface area contributed by atoms with Crippen molar-refractivity contribution in [2.24, 2.45) is 5.10 Å². The molecule has 0 aliphatic heterocycles. The zero-order chi connectivity index (χ0) is 12.8. The Kier molecular flexibility index (Phi) is 4.60. The number of hydrogen-bond donors (Lipinski definition) is 1. The summed E-state index contributed by atoms with van der Waals surface area (Å²) in [6.07, 6.45) is 5.24. The normalized spacial score (nSPS) is 10.7. The third-order valence-electron chi connectivity index (χ3n) is 2.06. The Morgan fingerprint density at radius 1 is 1.61 bits per heavy atom. The first kappa shape index (κ1) is 12.9. The minimum atomic E-state index is -0.158. The Morgan fingerprint density at radius 2 is 2.50 bits per heavy atom. The number of amides is 1. The lowest BCUT2D eigenvalue weighted by Gasteiger charge is -1.98. The van der Waals surface area contributed by atoms with Gasteiger partial charge in [-0.25, -0.2) is 5.43 Å². The minimum absolute atomic E-state index is 0.158. The van der Waals surface area contributed by atoms with E-state index in [1.54, 1.807) is 36.0 Å². The number of hydrogen-bond acceptors (Lipinski definition) is 4. The van der Waals surface area contributed by atoms with Crippen molar-refractivity contribution >= 4 is 39.4 Å². The fourth-order valence-electron chi connectivity index (χ4n) is 1.29. The van der Waals surface area contributed by atoms with E-state index < -0.39 is 0 Å². The van der Waals surface area contributed by atoms with Crippen LogP contribution in [0.2, 0.25) is 0 Å². The van der Waals surface area contributed by atoms with Gasteiger partial charge in [0.1, 0.15) is 0 Å². The molecule has 18 heavy (non-hydrogen) atoms. The Balaban J connectivity index is 1.83. The van der Waals surface area contributed by atoms with Gasteiger partial charge in [0.2, 0.25) is 5.91 Å². The highest BCUT2D eigenvalue weighted by molar-refractivity contribution is 9.10. The molecule has 0 fully saturated rings. The van der Waals surface area contributed by atoms with E-state index >= 15 is 0 Å². The second-order valence-electron chi connectivity index (χ2n) is 3.50. The molecule has 0 spiro atoms. The molecule has 92 valence electrons. The summed E-state index contributed by atoms with van der Waals surface area (Å²) in [6.45, 7) is 0. The van der Waals surface area contributed by atoms with Crippen LogP contribution in [0.1, 0.15) is 10.4 Å². The van der Waals surface area contributed by atoms with Gasteiger partial charge in [0.25, 0.3) is 0 Å². The summed E-state index contributed by atoms with van der Waals surface area (Å²) in [4.78, 5) is 16.5. The summed E-state index contributed by atoms with van der Waals surface area (Å²) in [6, 6.07) is 5.59. The molecule has 0 saturated carbocycles. The molecule has 2 aromatic rings. The summed E-state index contributed by atoms with van der Waals surface area (Å²) in [7, 11) is 0. The summed E-state index contributed by atoms with van der Waals surface area (Å²) in [5, 5.41) is 5.85. The van der Waals surface area contributed by atoms with Crippen molar-refractivity contribution in [1.29, 1.82) is 0 Å². The number of nitrogens with one attached hydrogen (secondary N) is 1. The molecule has 0 atom stereocenters. The predicted octanol–water partition coefficient (Wildman–Crippen LogP) is 2.60. The van der Waals surface area contributed by atoms with Crippen molar-refractivity contribution in [1.82, 2.24) is 10.4 Å². The lowest BCUT2D eigenvalue weighted by molar-refractivity contribution is -0.120. The molecule has 0 aliphatic rings. The highest BCUT2D eigenvalue weighted by atomic mass is 79.9. The number of pyridine rings is 1. The van der Waals surface area contributed by atoms with Crippen molar-refractivity contribution in [3.63, 3.8) is 0 Å². The van der Waals surface area contributed by atoms with Gasteiger partial charge in [-0.2, -0.15) is 5.10 Å². The lowest BCUT2D eigenvalue weighted by Crippen LogP contribution is -2.19. The van der Waals surface area contributed by atoms with Crippen molar-refractivity contribution < 1.29 is 4.79 Å². The molecule has 0 aliphatic carbocycles. The van der Waals surface area contributed by atoms with Crippen molar-refractivity contribution in [2.45, 2.75) is 6.42 Å². The molecule has 2 rings (SSSR count). The monoisotopic (exact) mass is 323 g/mol. The molecular weight excluding hydrogens is 314 g/mol. The number of aromatic nitrogens is 1. The van der Waals surface area contributed by atoms with Gasteiger partial charge in [0.05, 0.1) is 12.6 Å². The van der Waals surface area contributed by atoms with E-state index in [9.17, 15) is 4.79 Å². The third kappa shape index (κ3) is 4.05. The van der Waals surface area contributed by atoms with Crippen LogP contribution in [0.5, 0.6) is 0 Å². The van der Waals surface area contributed by atoms with E-state index in [1.807, 2.05) is 17.5 Å². The van der Waals surface area contributed by atoms with Crippen LogP contribution in [0.25, 0.3) is 0 Å². The number of carbonyl (C=O) groups is 1. The molecule has 2 aromatic heterocycles. The lowest BCUT2D eigenvalue weighted by atomic mass is 10.2. The number of rotatable bonds is 4. The maximum atomic E-state index is 11.5. The second kappa shape index (κ2) is 6.42. The van der Waals surface area contributed by atoms with Crippen LogP contribution in [0.15, 0.2) is 45.5 Å². The first-order valence-corrected chi connectivity index (χ1v) is 6.86. The summed E-state index contributed by atoms with van der Waals surface area (Å²) >= 11 is 4.90. The SMILES string of the molecule is O=C(Cc1cccnc1)NN=Cc1cc(Br)cs1. The smallest absolute Gasteiger partial charge is 0.244 e. The zero-order valence-electron chi connectivity index (χ0n) is 9.34. The largest absolute Gasteiger partial charge is 0.273 e. The van der Waals surface area contributed by atoms with Crippen LogP contribution < -0.4 is 5.43 Å². The predicted molar refractivity (Wildman–Crippen MR) is 75.7 cm³/mol. The van der Waals surface area contributed by atoms with E-state index in [0.717, 1.165) is 14.9 Å². The number of nitrogens with zero attached hydrogens (tertiary/aromatic N) is 2. The average molecular weight is 324 g/mol. The van der Waals surface area contributed by atoms with E-state index in [2.05, 4.69) is 31.4 Å². The topological polar surface area (TPSA) is 54.4 Å². The summed E-state index contributed by atoms with van der Waals surface area (Å²) < 4.78 is 1.01. The Hall–Kier alpha value is -1.53. The summed E-state index contributed by atoms with van der Waals surface area (Å²) in [5.41, 5.74) is 3.35. The van der Waals surface area contributed by atoms with Crippen LogP contribution in [0.3, 0.4) is 0 Å². The molecular formula is C12H10BrN3OS. The first-order chi connectivity index (χ1) is 8.74. The molecule has 1 amide bonds. The fourth-order valence-corrected chi connectivity index (χ4v) is 2.60. The van der Waals surface area contributed by atoms with Gasteiger partial charge in [-0.05, 0) is 33.6 Å². The van der Waals surface area contributed by atoms with Gasteiger partial charge in [-0.15, -0.1) is 11.3 Å². The van der Waals surface area contributed by atoms with Gasteiger partial charge in [-0.1, -0.05) is 6.07 Å². The molecule has 2 heterocycles. The third-order valence-corrected chi connectivity index (χ3v) is 3.68. The highest BCUT2D eigenvalue weighted by Gasteiger charge is 2.01. The summed E-state index contributed by atoms with van der Waals surface area (Å²) in [5.74, 6) is -0.158. The molecule has 1 N–H and O–H groups in total. The molecule has 4 nitrogen and oxygen atoms in total. The molecule has 6 heteroatoms. The average Bonchev–Trinajstić information content (AvgIpc) is 2.76. The van der Waals surface area contributed by atoms with Crippen LogP contribution >= 0.6 is 27.3 Å². The van der Waals surface area contributed by atoms with Crippen molar-refractivity contribution in [3.8, 4) is 0 Å². The van der Waals surface area contributed by atoms with Gasteiger partial charge in [-0.3, -0.25) is 9.78 Å². The quantitative estimate of drug-likeness (QED) is 0.694. The van der Waals surface area contributed by atoms with Crippen molar-refractivity contribution in [3.05, 3.63) is 50.9 Å². The molecule has 0 bridgehead atoms. The minimum Gasteiger partial charge on any atom is -0.273 e. The Labute approximate surface area is 117 Å². The van der Waals surface area contributed by atoms with Crippen LogP contribution in [-0.2, 0) is 11.2 Å². The van der Waals surface area contributed by atoms with Gasteiger partial charge < -0.3 is 0 Å². The number of carbonyl (C=O) groups excluding carboxylic acids is 1. The molecule has 0 unspecified atom stereocenters. The van der Waals surface area contributed by atoms with Crippen LogP contribution in [0.4, 0.5) is 0 Å². The van der Waals surface area contributed by atoms with Gasteiger partial charge >= 0.3 is 0 Å². The Morgan fingerprint density at radius 3 is 3.17 bits per heavy atom. The molecule has 0 radical (unpaired) electrons. The molecule has 0 aromatic carbocycles. The second-order valence-corrected chi connectivity index (χ2v) is 5.36. The number of halogens is 1. The Bertz CT molecular complexity index is 553. The van der Waals surface area contributed by atoms with E-state index in [-0.39, 0.29) is 12.3 Å². The van der Waals surface area contributed by atoms with Crippen LogP contribution in [-0.4, -0.2) is 17.1 Å². The fraction of sp³-hybridized carbons (Fsp3) is 0.0833. The maximum absolute atomic E-state index is 11.5. The van der Waals surface area contributed by atoms with Crippen molar-refractivity contribution in [2.75, 3.05) is 0 Å². The standard InChI is InChI=1S/C12H10BrN3OS/c13-10-5-11(18-8-10)7-15-16-12(17)4-9-2-1-3-14-6-9/h1-3,5-8H,4H2,(H,16,17). The zero-order valence-corrected chi connectivity index (χ0v) is 11.7. The van der Waals surface area contributed by atoms with Gasteiger partial charge in [0, 0.05) is 27.1 Å². The maximum Gasteiger partial charge on any atom is 0.244 e. The van der Waals surface area contributed by atoms with E-state index in [4.69, 9.17) is 0 Å². The van der Waals surface area contributed by atoms with E-state index in [0.29, 0.717) is 0 Å². The number of thiophene rings is 1. The molecule has 0 saturated heterocycles. The highest BCUT2D eigenvalue weighted by Crippen LogP contribution is 2.17. The first-order valence-electron chi connectivity index (χ1n) is 5.19. The van der Waals surface area contributed by atoms with Crippen LogP contribution in [0, 0.1) is 0 Å². The van der Waals surface area contributed by atoms with E-state index in [1.165, 1.54) is 0 Å². The van der Waals surface area contributed by atoms with Gasteiger partial charge in [0.15, 0.2) is 0 Å².